The third-order valence-corrected chi connectivity index (χ3v) is 7.71. The molecule has 44 heavy (non-hydrogen) atoms. The van der Waals surface area contributed by atoms with Gasteiger partial charge in [0.1, 0.15) is 5.75 Å². The van der Waals surface area contributed by atoms with Crippen molar-refractivity contribution < 1.29 is 34.4 Å². The molecule has 0 saturated heterocycles. The van der Waals surface area contributed by atoms with Crippen molar-refractivity contribution in [1.82, 2.24) is 0 Å². The molecular formula is C35H46N2O7. The van der Waals surface area contributed by atoms with E-state index in [1.54, 1.807) is 54.6 Å². The topological polar surface area (TPSA) is 145 Å². The molecule has 5 atom stereocenters. The smallest absolute Gasteiger partial charge is 0.311 e. The Kier molecular flexibility index (Phi) is 14.3. The highest BCUT2D eigenvalue weighted by molar-refractivity contribution is 6.04. The van der Waals surface area contributed by atoms with Gasteiger partial charge < -0.3 is 30.7 Å². The number of aliphatic hydroxyl groups excluding tert-OH is 3. The number of benzene rings is 2. The monoisotopic (exact) mass is 606 g/mol. The lowest BCUT2D eigenvalue weighted by atomic mass is 9.89. The molecule has 0 spiro atoms. The second kappa shape index (κ2) is 18.1. The minimum atomic E-state index is -0.628. The fraction of sp³-hybridized carbons (Fsp3) is 0.457. The summed E-state index contributed by atoms with van der Waals surface area (Å²) < 4.78 is 5.41. The summed E-state index contributed by atoms with van der Waals surface area (Å²) in [6, 6.07) is 13.1. The van der Waals surface area contributed by atoms with Gasteiger partial charge in [0.15, 0.2) is 0 Å². The minimum Gasteiger partial charge on any atom is -0.427 e. The Morgan fingerprint density at radius 3 is 2.30 bits per heavy atom. The molecule has 9 heteroatoms. The molecule has 9 nitrogen and oxygen atoms in total. The summed E-state index contributed by atoms with van der Waals surface area (Å²) in [6.45, 7) is 3.53. The van der Waals surface area contributed by atoms with Crippen LogP contribution in [0.3, 0.4) is 0 Å². The zero-order chi connectivity index (χ0) is 31.9. The van der Waals surface area contributed by atoms with Gasteiger partial charge in [-0.3, -0.25) is 14.4 Å². The first-order chi connectivity index (χ1) is 21.2. The van der Waals surface area contributed by atoms with Gasteiger partial charge in [-0.25, -0.2) is 0 Å². The maximum absolute atomic E-state index is 12.5. The van der Waals surface area contributed by atoms with Crippen LogP contribution in [0.1, 0.15) is 82.0 Å². The minimum absolute atomic E-state index is 0.117. The molecule has 0 unspecified atom stereocenters. The molecule has 1 saturated carbocycles. The SMILES string of the molecule is CCCCC[C@H](O)/C=C/[C@@H]1[C@@H](C/C=C\CCCC(=O)Oc2ccc(NC(=O)c3ccc(NC(C)=O)cc3)cc2)[C@@H](O)C[C@H]1O. The lowest BCUT2D eigenvalue weighted by Gasteiger charge is -2.19. The van der Waals surface area contributed by atoms with Gasteiger partial charge in [-0.2, -0.15) is 0 Å². The van der Waals surface area contributed by atoms with Crippen LogP contribution in [-0.4, -0.2) is 51.4 Å². The highest BCUT2D eigenvalue weighted by atomic mass is 16.5. The maximum atomic E-state index is 12.5. The van der Waals surface area contributed by atoms with Crippen LogP contribution < -0.4 is 15.4 Å². The molecule has 0 heterocycles. The van der Waals surface area contributed by atoms with Gasteiger partial charge in [0, 0.05) is 42.6 Å². The van der Waals surface area contributed by atoms with Crippen LogP contribution in [-0.2, 0) is 9.59 Å². The van der Waals surface area contributed by atoms with Crippen LogP contribution in [0.25, 0.3) is 0 Å². The van der Waals surface area contributed by atoms with Crippen molar-refractivity contribution in [3.05, 3.63) is 78.4 Å². The summed E-state index contributed by atoms with van der Waals surface area (Å²) in [5.41, 5.74) is 1.59. The van der Waals surface area contributed by atoms with Crippen LogP contribution in [0.2, 0.25) is 0 Å². The van der Waals surface area contributed by atoms with Gasteiger partial charge in [-0.15, -0.1) is 0 Å². The van der Waals surface area contributed by atoms with Crippen molar-refractivity contribution >= 4 is 29.2 Å². The number of anilines is 2. The van der Waals surface area contributed by atoms with E-state index >= 15 is 0 Å². The summed E-state index contributed by atoms with van der Waals surface area (Å²) in [5, 5.41) is 36.5. The van der Waals surface area contributed by atoms with E-state index in [1.165, 1.54) is 6.92 Å². The maximum Gasteiger partial charge on any atom is 0.311 e. The Morgan fingerprint density at radius 2 is 1.61 bits per heavy atom. The summed E-state index contributed by atoms with van der Waals surface area (Å²) >= 11 is 0. The number of hydrogen-bond acceptors (Lipinski definition) is 7. The van der Waals surface area contributed by atoms with Crippen molar-refractivity contribution in [3.8, 4) is 5.75 Å². The number of rotatable bonds is 16. The number of amides is 2. The first-order valence-electron chi connectivity index (χ1n) is 15.5. The Morgan fingerprint density at radius 1 is 0.932 bits per heavy atom. The number of unbranched alkanes of at least 4 members (excludes halogenated alkanes) is 3. The molecule has 0 bridgehead atoms. The number of ether oxygens (including phenoxy) is 1. The lowest BCUT2D eigenvalue weighted by molar-refractivity contribution is -0.134. The van der Waals surface area contributed by atoms with Crippen molar-refractivity contribution in [1.29, 1.82) is 0 Å². The van der Waals surface area contributed by atoms with Crippen LogP contribution in [0.5, 0.6) is 5.75 Å². The number of allylic oxidation sites excluding steroid dienone is 2. The Labute approximate surface area is 260 Å². The third-order valence-electron chi connectivity index (χ3n) is 7.71. The van der Waals surface area contributed by atoms with E-state index in [2.05, 4.69) is 17.6 Å². The first-order valence-corrected chi connectivity index (χ1v) is 15.5. The zero-order valence-corrected chi connectivity index (χ0v) is 25.7. The Balaban J connectivity index is 1.37. The van der Waals surface area contributed by atoms with Gasteiger partial charge in [0.05, 0.1) is 18.3 Å². The quantitative estimate of drug-likeness (QED) is 0.0705. The lowest BCUT2D eigenvalue weighted by Crippen LogP contribution is -2.20. The number of aliphatic hydroxyl groups is 3. The number of carbonyl (C=O) groups is 3. The van der Waals surface area contributed by atoms with Gasteiger partial charge in [-0.05, 0) is 80.1 Å². The molecule has 0 aromatic heterocycles. The van der Waals surface area contributed by atoms with Gasteiger partial charge in [0.2, 0.25) is 5.91 Å². The Bertz CT molecular complexity index is 1260. The van der Waals surface area contributed by atoms with Crippen molar-refractivity contribution in [3.63, 3.8) is 0 Å². The summed E-state index contributed by atoms with van der Waals surface area (Å²) in [4.78, 5) is 35.9. The van der Waals surface area contributed by atoms with Crippen molar-refractivity contribution in [2.75, 3.05) is 10.6 Å². The standard InChI is InChI=1S/C35H46N2O7/c1-3-4-7-10-28(39)19-22-31-30(32(40)23-33(31)41)11-8-5-6-9-12-34(42)44-29-20-17-27(18-21-29)37-35(43)25-13-15-26(16-14-25)36-24(2)38/h5,8,13-22,28,30-33,39-41H,3-4,6-7,9-12,23H2,1-2H3,(H,36,38)(H,37,43)/b8-5-,22-19+/t28-,30+,31+,32-,33+/m0/s1. The number of hydrogen-bond donors (Lipinski definition) is 5. The zero-order valence-electron chi connectivity index (χ0n) is 25.7. The number of esters is 1. The van der Waals surface area contributed by atoms with E-state index in [0.717, 1.165) is 19.3 Å². The van der Waals surface area contributed by atoms with E-state index < -0.39 is 18.3 Å². The van der Waals surface area contributed by atoms with E-state index in [4.69, 9.17) is 4.74 Å². The Hall–Kier alpha value is -3.79. The molecule has 2 amide bonds. The average Bonchev–Trinajstić information content (AvgIpc) is 3.26. The number of nitrogens with one attached hydrogen (secondary N) is 2. The fourth-order valence-corrected chi connectivity index (χ4v) is 5.30. The summed E-state index contributed by atoms with van der Waals surface area (Å²) in [5.74, 6) is -0.787. The fourth-order valence-electron chi connectivity index (χ4n) is 5.30. The van der Waals surface area contributed by atoms with Gasteiger partial charge >= 0.3 is 5.97 Å². The van der Waals surface area contributed by atoms with Gasteiger partial charge in [-0.1, -0.05) is 50.5 Å². The second-order valence-electron chi connectivity index (χ2n) is 11.4. The van der Waals surface area contributed by atoms with Crippen molar-refractivity contribution in [2.24, 2.45) is 11.8 Å². The van der Waals surface area contributed by atoms with Crippen LogP contribution >= 0.6 is 0 Å². The second-order valence-corrected chi connectivity index (χ2v) is 11.4. The molecule has 238 valence electrons. The molecule has 2 aromatic carbocycles. The third kappa shape index (κ3) is 11.7. The molecule has 1 aliphatic carbocycles. The van der Waals surface area contributed by atoms with Gasteiger partial charge in [0.25, 0.3) is 5.91 Å². The average molecular weight is 607 g/mol. The van der Waals surface area contributed by atoms with Crippen LogP contribution in [0.4, 0.5) is 11.4 Å². The molecule has 0 aliphatic heterocycles. The normalized spacial score (nSPS) is 20.6. The van der Waals surface area contributed by atoms with Crippen molar-refractivity contribution in [2.45, 2.75) is 89.9 Å². The van der Waals surface area contributed by atoms with E-state index in [-0.39, 0.29) is 36.0 Å². The highest BCUT2D eigenvalue weighted by Gasteiger charge is 2.39. The molecule has 1 fully saturated rings. The predicted molar refractivity (Wildman–Crippen MR) is 171 cm³/mol. The largest absolute Gasteiger partial charge is 0.427 e. The predicted octanol–water partition coefficient (Wildman–Crippen LogP) is 5.77. The van der Waals surface area contributed by atoms with E-state index in [0.29, 0.717) is 54.8 Å². The molecule has 0 radical (unpaired) electrons. The molecule has 2 aromatic rings. The molecule has 3 rings (SSSR count). The highest BCUT2D eigenvalue weighted by Crippen LogP contribution is 2.36. The summed E-state index contributed by atoms with van der Waals surface area (Å²) in [7, 11) is 0. The van der Waals surface area contributed by atoms with E-state index in [1.807, 2.05) is 18.2 Å². The van der Waals surface area contributed by atoms with Crippen LogP contribution in [0, 0.1) is 11.8 Å². The molecule has 1 aliphatic rings. The van der Waals surface area contributed by atoms with Crippen LogP contribution in [0.15, 0.2) is 72.8 Å². The summed E-state index contributed by atoms with van der Waals surface area (Å²) in [6.07, 6.45) is 12.1. The van der Waals surface area contributed by atoms with E-state index in [9.17, 15) is 29.7 Å². The molecule has 5 N–H and O–H groups in total. The first kappa shape index (κ1) is 34.7. The molecular weight excluding hydrogens is 560 g/mol. The number of carbonyl (C=O) groups excluding carboxylic acids is 3.